The van der Waals surface area contributed by atoms with E-state index in [9.17, 15) is 14.0 Å². The largest absolute Gasteiger partial charge is 0.455 e. The number of aromatic nitrogens is 1. The van der Waals surface area contributed by atoms with E-state index in [1.165, 1.54) is 23.5 Å². The van der Waals surface area contributed by atoms with Crippen molar-refractivity contribution in [1.29, 1.82) is 0 Å². The number of ether oxygens (including phenoxy) is 1. The number of nitrogens with zero attached hydrogens (tertiary/aromatic N) is 1. The summed E-state index contributed by atoms with van der Waals surface area (Å²) in [6.45, 7) is 3.09. The van der Waals surface area contributed by atoms with Gasteiger partial charge in [0.2, 0.25) is 0 Å². The van der Waals surface area contributed by atoms with E-state index >= 15 is 0 Å². The molecular weight excluding hydrogens is 379 g/mol. The summed E-state index contributed by atoms with van der Waals surface area (Å²) in [7, 11) is 0. The molecule has 0 bridgehead atoms. The molecule has 0 fully saturated rings. The number of anilines is 1. The molecule has 1 heterocycles. The Morgan fingerprint density at radius 3 is 2.46 bits per heavy atom. The molecule has 5 nitrogen and oxygen atoms in total. The lowest BCUT2D eigenvalue weighted by molar-refractivity contribution is -0.152. The Kier molecular flexibility index (Phi) is 5.84. The summed E-state index contributed by atoms with van der Waals surface area (Å²) in [6.07, 6.45) is 0. The molecule has 3 rings (SSSR count). The van der Waals surface area contributed by atoms with E-state index in [1.54, 1.807) is 31.4 Å². The van der Waals surface area contributed by atoms with Crippen molar-refractivity contribution in [2.75, 3.05) is 11.9 Å². The van der Waals surface area contributed by atoms with Crippen molar-refractivity contribution in [2.24, 2.45) is 0 Å². The van der Waals surface area contributed by atoms with Crippen molar-refractivity contribution < 1.29 is 18.7 Å². The maximum atomic E-state index is 13.0. The van der Waals surface area contributed by atoms with Crippen LogP contribution in [0.1, 0.15) is 19.4 Å². The van der Waals surface area contributed by atoms with E-state index in [1.807, 2.05) is 30.3 Å². The third-order valence-electron chi connectivity index (χ3n) is 4.23. The molecule has 0 radical (unpaired) electrons. The van der Waals surface area contributed by atoms with E-state index < -0.39 is 23.9 Å². The van der Waals surface area contributed by atoms with Crippen LogP contribution in [0.3, 0.4) is 0 Å². The molecule has 0 aliphatic heterocycles. The van der Waals surface area contributed by atoms with Crippen molar-refractivity contribution in [3.8, 4) is 11.3 Å². The van der Waals surface area contributed by atoms with Crippen LogP contribution in [0.15, 0.2) is 60.0 Å². The number of halogens is 1. The van der Waals surface area contributed by atoms with E-state index in [2.05, 4.69) is 10.3 Å². The Hall–Kier alpha value is -3.06. The van der Waals surface area contributed by atoms with Gasteiger partial charge < -0.3 is 4.74 Å². The van der Waals surface area contributed by atoms with Gasteiger partial charge in [-0.1, -0.05) is 30.3 Å². The maximum Gasteiger partial charge on any atom is 0.316 e. The molecule has 144 valence electrons. The van der Waals surface area contributed by atoms with Gasteiger partial charge in [0.15, 0.2) is 11.7 Å². The first-order valence-corrected chi connectivity index (χ1v) is 9.48. The fourth-order valence-corrected chi connectivity index (χ4v) is 3.26. The van der Waals surface area contributed by atoms with Gasteiger partial charge in [-0.2, -0.15) is 0 Å². The molecule has 1 N–H and O–H groups in total. The SMILES string of the molecule is CC(C)(C(=O)OCC(=O)Nc1nc(-c2ccc(F)cc2)cs1)c1ccccc1. The third-order valence-corrected chi connectivity index (χ3v) is 4.99. The first-order valence-electron chi connectivity index (χ1n) is 8.60. The van der Waals surface area contributed by atoms with Crippen molar-refractivity contribution in [2.45, 2.75) is 19.3 Å². The van der Waals surface area contributed by atoms with Gasteiger partial charge in [-0.05, 0) is 43.7 Å². The molecule has 0 atom stereocenters. The number of esters is 1. The van der Waals surface area contributed by atoms with E-state index in [0.717, 1.165) is 11.1 Å². The standard InChI is InChI=1S/C21H19FN2O3S/c1-21(2,15-6-4-3-5-7-15)19(26)27-12-18(25)24-20-23-17(13-28-20)14-8-10-16(22)11-9-14/h3-11,13H,12H2,1-2H3,(H,23,24,25). The lowest BCUT2D eigenvalue weighted by Gasteiger charge is -2.22. The number of hydrogen-bond donors (Lipinski definition) is 1. The van der Waals surface area contributed by atoms with Crippen molar-refractivity contribution in [3.63, 3.8) is 0 Å². The number of carbonyl (C=O) groups is 2. The van der Waals surface area contributed by atoms with E-state index in [0.29, 0.717) is 10.8 Å². The van der Waals surface area contributed by atoms with Gasteiger partial charge in [0.05, 0.1) is 11.1 Å². The van der Waals surface area contributed by atoms with Gasteiger partial charge >= 0.3 is 5.97 Å². The molecule has 0 unspecified atom stereocenters. The third kappa shape index (κ3) is 4.61. The zero-order valence-electron chi connectivity index (χ0n) is 15.4. The molecule has 0 spiro atoms. The number of hydrogen-bond acceptors (Lipinski definition) is 5. The lowest BCUT2D eigenvalue weighted by Crippen LogP contribution is -2.33. The molecule has 0 saturated heterocycles. The first-order chi connectivity index (χ1) is 13.4. The summed E-state index contributed by atoms with van der Waals surface area (Å²) in [5.74, 6) is -1.29. The minimum Gasteiger partial charge on any atom is -0.455 e. The van der Waals surface area contributed by atoms with Crippen LogP contribution >= 0.6 is 11.3 Å². The Morgan fingerprint density at radius 1 is 1.11 bits per heavy atom. The van der Waals surface area contributed by atoms with E-state index in [4.69, 9.17) is 4.74 Å². The van der Waals surface area contributed by atoms with Gasteiger partial charge in [0.1, 0.15) is 5.82 Å². The van der Waals surface area contributed by atoms with Crippen LogP contribution < -0.4 is 5.32 Å². The molecule has 1 amide bonds. The van der Waals surface area contributed by atoms with Gasteiger partial charge in [0, 0.05) is 10.9 Å². The number of amides is 1. The summed E-state index contributed by atoms with van der Waals surface area (Å²) in [4.78, 5) is 28.8. The van der Waals surface area contributed by atoms with E-state index in [-0.39, 0.29) is 5.82 Å². The van der Waals surface area contributed by atoms with Crippen LogP contribution in [0.2, 0.25) is 0 Å². The zero-order valence-corrected chi connectivity index (χ0v) is 16.3. The second kappa shape index (κ2) is 8.31. The highest BCUT2D eigenvalue weighted by Crippen LogP contribution is 2.26. The minimum absolute atomic E-state index is 0.326. The molecule has 7 heteroatoms. The second-order valence-corrected chi connectivity index (χ2v) is 7.52. The molecule has 0 aliphatic rings. The Balaban J connectivity index is 1.56. The average molecular weight is 398 g/mol. The maximum absolute atomic E-state index is 13.0. The summed E-state index contributed by atoms with van der Waals surface area (Å²) in [5.41, 5.74) is 1.32. The Morgan fingerprint density at radius 2 is 1.79 bits per heavy atom. The smallest absolute Gasteiger partial charge is 0.316 e. The predicted octanol–water partition coefficient (Wildman–Crippen LogP) is 4.41. The van der Waals surface area contributed by atoms with Crippen LogP contribution in [0.25, 0.3) is 11.3 Å². The zero-order chi connectivity index (χ0) is 20.1. The molecule has 28 heavy (non-hydrogen) atoms. The highest BCUT2D eigenvalue weighted by atomic mass is 32.1. The van der Waals surface area contributed by atoms with Crippen LogP contribution in [0.5, 0.6) is 0 Å². The molecule has 2 aromatic carbocycles. The summed E-state index contributed by atoms with van der Waals surface area (Å²) in [5, 5.41) is 4.74. The minimum atomic E-state index is -0.863. The van der Waals surface area contributed by atoms with Crippen LogP contribution in [0, 0.1) is 5.82 Å². The van der Waals surface area contributed by atoms with Gasteiger partial charge in [-0.15, -0.1) is 11.3 Å². The quantitative estimate of drug-likeness (QED) is 0.625. The van der Waals surface area contributed by atoms with Crippen LogP contribution in [0.4, 0.5) is 9.52 Å². The van der Waals surface area contributed by atoms with Crippen molar-refractivity contribution in [3.05, 3.63) is 71.4 Å². The summed E-state index contributed by atoms with van der Waals surface area (Å²) < 4.78 is 18.2. The number of rotatable bonds is 6. The van der Waals surface area contributed by atoms with Gasteiger partial charge in [0.25, 0.3) is 5.91 Å². The van der Waals surface area contributed by atoms with Crippen molar-refractivity contribution in [1.82, 2.24) is 4.98 Å². The number of nitrogens with one attached hydrogen (secondary N) is 1. The molecule has 1 aromatic heterocycles. The van der Waals surface area contributed by atoms with Gasteiger partial charge in [-0.3, -0.25) is 14.9 Å². The highest BCUT2D eigenvalue weighted by Gasteiger charge is 2.31. The predicted molar refractivity (Wildman–Crippen MR) is 107 cm³/mol. The summed E-state index contributed by atoms with van der Waals surface area (Å²) in [6, 6.07) is 15.2. The summed E-state index contributed by atoms with van der Waals surface area (Å²) >= 11 is 1.24. The van der Waals surface area contributed by atoms with Crippen LogP contribution in [-0.4, -0.2) is 23.5 Å². The monoisotopic (exact) mass is 398 g/mol. The normalized spacial score (nSPS) is 11.1. The molecular formula is C21H19FN2O3S. The Labute approximate surface area is 166 Å². The lowest BCUT2D eigenvalue weighted by atomic mass is 9.85. The molecule has 3 aromatic rings. The fourth-order valence-electron chi connectivity index (χ4n) is 2.52. The van der Waals surface area contributed by atoms with Crippen molar-refractivity contribution >= 4 is 28.3 Å². The first kappa shape index (κ1) is 19.7. The fraction of sp³-hybridized carbons (Fsp3) is 0.190. The molecule has 0 aliphatic carbocycles. The second-order valence-electron chi connectivity index (χ2n) is 6.66. The molecule has 0 saturated carbocycles. The number of benzene rings is 2. The number of carbonyl (C=O) groups excluding carboxylic acids is 2. The average Bonchev–Trinajstić information content (AvgIpc) is 3.15. The number of thiazole rings is 1. The van der Waals surface area contributed by atoms with Crippen LogP contribution in [-0.2, 0) is 19.7 Å². The topological polar surface area (TPSA) is 68.3 Å². The highest BCUT2D eigenvalue weighted by molar-refractivity contribution is 7.14. The Bertz CT molecular complexity index is 969. The van der Waals surface area contributed by atoms with Gasteiger partial charge in [-0.25, -0.2) is 9.37 Å².